The van der Waals surface area contributed by atoms with Gasteiger partial charge in [0, 0.05) is 33.8 Å². The molecule has 2 aliphatic rings. The van der Waals surface area contributed by atoms with Gasteiger partial charge in [-0.2, -0.15) is 0 Å². The van der Waals surface area contributed by atoms with Crippen molar-refractivity contribution < 1.29 is 9.47 Å². The standard InChI is InChI=1S/C14H27N3O2/c1-15-13(16-7-9-19-11-10-18-2)17-8-6-14(12-17)4-3-5-14/h3-12H2,1-2H3,(H,15,16). The second kappa shape index (κ2) is 7.10. The average Bonchev–Trinajstić information content (AvgIpc) is 2.83. The zero-order valence-electron chi connectivity index (χ0n) is 12.3. The number of aliphatic imine (C=N–C) groups is 1. The van der Waals surface area contributed by atoms with Gasteiger partial charge in [0.1, 0.15) is 0 Å². The Labute approximate surface area is 116 Å². The molecule has 110 valence electrons. The first-order valence-corrected chi connectivity index (χ1v) is 7.32. The van der Waals surface area contributed by atoms with Gasteiger partial charge in [0.2, 0.25) is 0 Å². The first kappa shape index (κ1) is 14.6. The number of rotatable bonds is 6. The maximum atomic E-state index is 5.44. The zero-order valence-corrected chi connectivity index (χ0v) is 12.3. The number of methoxy groups -OCH3 is 1. The van der Waals surface area contributed by atoms with E-state index >= 15 is 0 Å². The molecule has 0 aromatic heterocycles. The molecule has 0 aromatic rings. The molecule has 0 aromatic carbocycles. The fourth-order valence-electron chi connectivity index (χ4n) is 3.01. The molecule has 19 heavy (non-hydrogen) atoms. The maximum absolute atomic E-state index is 5.44. The van der Waals surface area contributed by atoms with E-state index in [1.165, 1.54) is 32.2 Å². The van der Waals surface area contributed by atoms with Crippen LogP contribution in [0.2, 0.25) is 0 Å². The van der Waals surface area contributed by atoms with Crippen molar-refractivity contribution in [2.45, 2.75) is 25.7 Å². The maximum Gasteiger partial charge on any atom is 0.193 e. The summed E-state index contributed by atoms with van der Waals surface area (Å²) < 4.78 is 10.4. The molecular formula is C14H27N3O2. The summed E-state index contributed by atoms with van der Waals surface area (Å²) in [6.07, 6.45) is 5.55. The quantitative estimate of drug-likeness (QED) is 0.446. The zero-order chi connectivity index (χ0) is 13.6. The lowest BCUT2D eigenvalue weighted by Gasteiger charge is -2.38. The Morgan fingerprint density at radius 1 is 1.26 bits per heavy atom. The second-order valence-electron chi connectivity index (χ2n) is 5.60. The lowest BCUT2D eigenvalue weighted by Crippen LogP contribution is -2.43. The summed E-state index contributed by atoms with van der Waals surface area (Å²) in [5, 5.41) is 3.38. The van der Waals surface area contributed by atoms with Gasteiger partial charge in [-0.3, -0.25) is 4.99 Å². The van der Waals surface area contributed by atoms with E-state index in [0.717, 1.165) is 19.0 Å². The van der Waals surface area contributed by atoms with Crippen molar-refractivity contribution in [3.05, 3.63) is 0 Å². The van der Waals surface area contributed by atoms with E-state index in [-0.39, 0.29) is 0 Å². The van der Waals surface area contributed by atoms with Crippen molar-refractivity contribution in [2.75, 3.05) is 53.6 Å². The second-order valence-corrected chi connectivity index (χ2v) is 5.60. The van der Waals surface area contributed by atoms with Gasteiger partial charge in [-0.15, -0.1) is 0 Å². The fraction of sp³-hybridized carbons (Fsp3) is 0.929. The van der Waals surface area contributed by atoms with Crippen molar-refractivity contribution in [1.82, 2.24) is 10.2 Å². The highest BCUT2D eigenvalue weighted by atomic mass is 16.5. The van der Waals surface area contributed by atoms with Gasteiger partial charge in [0.05, 0.1) is 19.8 Å². The number of hydrogen-bond donors (Lipinski definition) is 1. The molecule has 0 amide bonds. The Hall–Kier alpha value is -0.810. The Balaban J connectivity index is 1.64. The minimum Gasteiger partial charge on any atom is -0.382 e. The van der Waals surface area contributed by atoms with Gasteiger partial charge in [-0.25, -0.2) is 0 Å². The normalized spacial score (nSPS) is 21.8. The molecule has 1 spiro atoms. The van der Waals surface area contributed by atoms with Crippen LogP contribution in [0.4, 0.5) is 0 Å². The van der Waals surface area contributed by atoms with Crippen LogP contribution >= 0.6 is 0 Å². The van der Waals surface area contributed by atoms with Crippen molar-refractivity contribution in [1.29, 1.82) is 0 Å². The van der Waals surface area contributed by atoms with Crippen LogP contribution in [0.5, 0.6) is 0 Å². The Bertz CT molecular complexity index is 303. The Morgan fingerprint density at radius 2 is 2.11 bits per heavy atom. The van der Waals surface area contributed by atoms with Crippen molar-refractivity contribution in [3.63, 3.8) is 0 Å². The van der Waals surface area contributed by atoms with Crippen LogP contribution in [0.25, 0.3) is 0 Å². The summed E-state index contributed by atoms with van der Waals surface area (Å²) in [4.78, 5) is 6.78. The summed E-state index contributed by atoms with van der Waals surface area (Å²) in [5.74, 6) is 1.03. The third-order valence-corrected chi connectivity index (χ3v) is 4.33. The molecule has 5 heteroatoms. The SMILES string of the molecule is CN=C(NCCOCCOC)N1CCC2(CCC2)C1. The summed E-state index contributed by atoms with van der Waals surface area (Å²) in [6.45, 7) is 5.13. The number of nitrogens with one attached hydrogen (secondary N) is 1. The smallest absolute Gasteiger partial charge is 0.193 e. The average molecular weight is 269 g/mol. The van der Waals surface area contributed by atoms with Crippen LogP contribution < -0.4 is 5.32 Å². The highest BCUT2D eigenvalue weighted by Gasteiger charge is 2.43. The van der Waals surface area contributed by atoms with Gasteiger partial charge < -0.3 is 19.7 Å². The number of ether oxygens (including phenoxy) is 2. The lowest BCUT2D eigenvalue weighted by atomic mass is 9.68. The molecular weight excluding hydrogens is 242 g/mol. The molecule has 5 nitrogen and oxygen atoms in total. The number of guanidine groups is 1. The lowest BCUT2D eigenvalue weighted by molar-refractivity contribution is 0.0731. The molecule has 1 saturated heterocycles. The molecule has 1 saturated carbocycles. The van der Waals surface area contributed by atoms with E-state index in [1.807, 2.05) is 7.05 Å². The van der Waals surface area contributed by atoms with Gasteiger partial charge >= 0.3 is 0 Å². The molecule has 0 radical (unpaired) electrons. The largest absolute Gasteiger partial charge is 0.382 e. The molecule has 2 fully saturated rings. The first-order chi connectivity index (χ1) is 9.29. The minimum absolute atomic E-state index is 0.618. The highest BCUT2D eigenvalue weighted by Crippen LogP contribution is 2.47. The van der Waals surface area contributed by atoms with E-state index in [9.17, 15) is 0 Å². The minimum atomic E-state index is 0.618. The third kappa shape index (κ3) is 3.83. The summed E-state index contributed by atoms with van der Waals surface area (Å²) in [7, 11) is 3.55. The van der Waals surface area contributed by atoms with E-state index < -0.39 is 0 Å². The van der Waals surface area contributed by atoms with E-state index in [2.05, 4.69) is 15.2 Å². The predicted molar refractivity (Wildman–Crippen MR) is 76.5 cm³/mol. The Kier molecular flexibility index (Phi) is 5.45. The van der Waals surface area contributed by atoms with Crippen LogP contribution in [0.15, 0.2) is 4.99 Å². The Morgan fingerprint density at radius 3 is 2.68 bits per heavy atom. The number of hydrogen-bond acceptors (Lipinski definition) is 3. The molecule has 1 heterocycles. The molecule has 0 atom stereocenters. The molecule has 1 aliphatic heterocycles. The van der Waals surface area contributed by atoms with Crippen LogP contribution in [-0.2, 0) is 9.47 Å². The number of likely N-dealkylation sites (tertiary alicyclic amines) is 1. The predicted octanol–water partition coefficient (Wildman–Crippen LogP) is 1.10. The van der Waals surface area contributed by atoms with Gasteiger partial charge in [-0.05, 0) is 24.7 Å². The van der Waals surface area contributed by atoms with E-state index in [1.54, 1.807) is 7.11 Å². The molecule has 1 aliphatic carbocycles. The molecule has 2 rings (SSSR count). The first-order valence-electron chi connectivity index (χ1n) is 7.32. The summed E-state index contributed by atoms with van der Waals surface area (Å²) in [5.41, 5.74) is 0.618. The van der Waals surface area contributed by atoms with Crippen molar-refractivity contribution in [2.24, 2.45) is 10.4 Å². The van der Waals surface area contributed by atoms with Crippen molar-refractivity contribution >= 4 is 5.96 Å². The molecule has 0 unspecified atom stereocenters. The van der Waals surface area contributed by atoms with E-state index in [0.29, 0.717) is 25.2 Å². The topological polar surface area (TPSA) is 46.1 Å². The highest BCUT2D eigenvalue weighted by molar-refractivity contribution is 5.80. The van der Waals surface area contributed by atoms with Crippen LogP contribution in [0.3, 0.4) is 0 Å². The van der Waals surface area contributed by atoms with Crippen LogP contribution in [0, 0.1) is 5.41 Å². The van der Waals surface area contributed by atoms with Crippen molar-refractivity contribution in [3.8, 4) is 0 Å². The van der Waals surface area contributed by atoms with Gasteiger partial charge in [0.15, 0.2) is 5.96 Å². The fourth-order valence-corrected chi connectivity index (χ4v) is 3.01. The molecule has 1 N–H and O–H groups in total. The summed E-state index contributed by atoms with van der Waals surface area (Å²) >= 11 is 0. The van der Waals surface area contributed by atoms with Gasteiger partial charge in [-0.1, -0.05) is 6.42 Å². The van der Waals surface area contributed by atoms with E-state index in [4.69, 9.17) is 9.47 Å². The van der Waals surface area contributed by atoms with Crippen LogP contribution in [-0.4, -0.2) is 64.5 Å². The van der Waals surface area contributed by atoms with Gasteiger partial charge in [0.25, 0.3) is 0 Å². The molecule has 0 bridgehead atoms. The van der Waals surface area contributed by atoms with Crippen LogP contribution in [0.1, 0.15) is 25.7 Å². The third-order valence-electron chi connectivity index (χ3n) is 4.33. The summed E-state index contributed by atoms with van der Waals surface area (Å²) in [6, 6.07) is 0. The monoisotopic (exact) mass is 269 g/mol. The number of nitrogens with zero attached hydrogens (tertiary/aromatic N) is 2.